The predicted molar refractivity (Wildman–Crippen MR) is 72.0 cm³/mol. The molecule has 2 aliphatic carbocycles. The van der Waals surface area contributed by atoms with E-state index in [9.17, 15) is 4.79 Å². The maximum atomic E-state index is 12.7. The minimum absolute atomic E-state index is 0.179. The minimum Gasteiger partial charge on any atom is -0.326 e. The summed E-state index contributed by atoms with van der Waals surface area (Å²) in [6.45, 7) is 5.49. The van der Waals surface area contributed by atoms with Crippen LogP contribution < -0.4 is 5.32 Å². The standard InChI is InChI=1S/C15H26N2O/c1-11-6-5-7-13(11)10-17-12(2)16-15(14(17)18)8-3-4-9-15/h11-13,16H,3-10H2,1-2H3. The molecule has 1 aliphatic heterocycles. The van der Waals surface area contributed by atoms with Gasteiger partial charge in [-0.3, -0.25) is 10.1 Å². The Kier molecular flexibility index (Phi) is 3.13. The molecule has 102 valence electrons. The van der Waals surface area contributed by atoms with Crippen LogP contribution in [-0.2, 0) is 4.79 Å². The van der Waals surface area contributed by atoms with E-state index in [0.29, 0.717) is 5.91 Å². The molecular weight excluding hydrogens is 224 g/mol. The number of amides is 1. The fourth-order valence-electron chi connectivity index (χ4n) is 4.31. The van der Waals surface area contributed by atoms with Gasteiger partial charge in [-0.2, -0.15) is 0 Å². The van der Waals surface area contributed by atoms with Gasteiger partial charge in [0.1, 0.15) is 0 Å². The van der Waals surface area contributed by atoms with Crippen LogP contribution in [0.4, 0.5) is 0 Å². The van der Waals surface area contributed by atoms with Gasteiger partial charge in [0.2, 0.25) is 5.91 Å². The molecule has 3 unspecified atom stereocenters. The molecule has 3 rings (SSSR count). The summed E-state index contributed by atoms with van der Waals surface area (Å²) in [5.74, 6) is 1.92. The molecule has 3 nitrogen and oxygen atoms in total. The SMILES string of the molecule is CC1CCCC1CN1C(=O)C2(CCCC2)NC1C. The Morgan fingerprint density at radius 1 is 1.22 bits per heavy atom. The van der Waals surface area contributed by atoms with Crippen molar-refractivity contribution in [3.8, 4) is 0 Å². The molecule has 0 bridgehead atoms. The average molecular weight is 250 g/mol. The van der Waals surface area contributed by atoms with Crippen molar-refractivity contribution in [2.75, 3.05) is 6.54 Å². The zero-order valence-corrected chi connectivity index (χ0v) is 11.7. The Balaban J connectivity index is 1.70. The van der Waals surface area contributed by atoms with Gasteiger partial charge in [-0.1, -0.05) is 32.6 Å². The minimum atomic E-state index is -0.179. The highest BCUT2D eigenvalue weighted by molar-refractivity contribution is 5.89. The average Bonchev–Trinajstić information content (AvgIpc) is 3.00. The predicted octanol–water partition coefficient (Wildman–Crippen LogP) is 2.51. The monoisotopic (exact) mass is 250 g/mol. The van der Waals surface area contributed by atoms with Crippen LogP contribution in [0, 0.1) is 11.8 Å². The maximum absolute atomic E-state index is 12.7. The third-order valence-corrected chi connectivity index (χ3v) is 5.55. The van der Waals surface area contributed by atoms with Crippen LogP contribution in [-0.4, -0.2) is 29.1 Å². The van der Waals surface area contributed by atoms with E-state index in [0.717, 1.165) is 31.2 Å². The van der Waals surface area contributed by atoms with Crippen molar-refractivity contribution in [2.24, 2.45) is 11.8 Å². The lowest BCUT2D eigenvalue weighted by atomic mass is 9.95. The van der Waals surface area contributed by atoms with Gasteiger partial charge in [-0.25, -0.2) is 0 Å². The molecule has 1 spiro atoms. The molecule has 0 aromatic heterocycles. The first-order valence-corrected chi connectivity index (χ1v) is 7.71. The topological polar surface area (TPSA) is 32.3 Å². The van der Waals surface area contributed by atoms with Gasteiger partial charge in [0.05, 0.1) is 11.7 Å². The summed E-state index contributed by atoms with van der Waals surface area (Å²) in [5.41, 5.74) is -0.179. The molecular formula is C15H26N2O. The number of nitrogens with one attached hydrogen (secondary N) is 1. The first-order chi connectivity index (χ1) is 8.62. The second-order valence-electron chi connectivity index (χ2n) is 6.74. The van der Waals surface area contributed by atoms with E-state index < -0.39 is 0 Å². The van der Waals surface area contributed by atoms with E-state index in [4.69, 9.17) is 0 Å². The summed E-state index contributed by atoms with van der Waals surface area (Å²) in [4.78, 5) is 14.8. The quantitative estimate of drug-likeness (QED) is 0.816. The number of carbonyl (C=O) groups excluding carboxylic acids is 1. The van der Waals surface area contributed by atoms with Gasteiger partial charge < -0.3 is 4.90 Å². The zero-order chi connectivity index (χ0) is 12.8. The molecule has 18 heavy (non-hydrogen) atoms. The fourth-order valence-corrected chi connectivity index (χ4v) is 4.31. The highest BCUT2D eigenvalue weighted by atomic mass is 16.2. The van der Waals surface area contributed by atoms with Gasteiger partial charge in [0.25, 0.3) is 0 Å². The molecule has 2 saturated carbocycles. The van der Waals surface area contributed by atoms with E-state index in [2.05, 4.69) is 24.1 Å². The van der Waals surface area contributed by atoms with Crippen LogP contribution in [0.5, 0.6) is 0 Å². The highest BCUT2D eigenvalue weighted by Crippen LogP contribution is 2.38. The summed E-state index contributed by atoms with van der Waals surface area (Å²) in [7, 11) is 0. The Morgan fingerprint density at radius 2 is 1.94 bits per heavy atom. The van der Waals surface area contributed by atoms with Crippen LogP contribution in [0.2, 0.25) is 0 Å². The number of hydrogen-bond donors (Lipinski definition) is 1. The molecule has 1 heterocycles. The Morgan fingerprint density at radius 3 is 2.56 bits per heavy atom. The second-order valence-corrected chi connectivity index (χ2v) is 6.74. The van der Waals surface area contributed by atoms with Crippen molar-refractivity contribution in [3.63, 3.8) is 0 Å². The third kappa shape index (κ3) is 1.87. The second kappa shape index (κ2) is 4.52. The van der Waals surface area contributed by atoms with Crippen molar-refractivity contribution in [1.82, 2.24) is 10.2 Å². The molecule has 3 atom stereocenters. The summed E-state index contributed by atoms with van der Waals surface area (Å²) >= 11 is 0. The Hall–Kier alpha value is -0.570. The normalized spacial score (nSPS) is 39.1. The van der Waals surface area contributed by atoms with Crippen molar-refractivity contribution < 1.29 is 4.79 Å². The smallest absolute Gasteiger partial charge is 0.244 e. The van der Waals surface area contributed by atoms with Gasteiger partial charge in [-0.15, -0.1) is 0 Å². The highest BCUT2D eigenvalue weighted by Gasteiger charge is 2.51. The fraction of sp³-hybridized carbons (Fsp3) is 0.933. The van der Waals surface area contributed by atoms with Crippen molar-refractivity contribution >= 4 is 5.91 Å². The molecule has 1 N–H and O–H groups in total. The summed E-state index contributed by atoms with van der Waals surface area (Å²) in [6, 6.07) is 0. The first-order valence-electron chi connectivity index (χ1n) is 7.71. The lowest BCUT2D eigenvalue weighted by Gasteiger charge is -2.27. The van der Waals surface area contributed by atoms with E-state index >= 15 is 0 Å². The molecule has 0 aromatic carbocycles. The molecule has 3 aliphatic rings. The van der Waals surface area contributed by atoms with E-state index in [1.165, 1.54) is 32.1 Å². The van der Waals surface area contributed by atoms with Crippen LogP contribution in [0.1, 0.15) is 58.8 Å². The number of hydrogen-bond acceptors (Lipinski definition) is 2. The van der Waals surface area contributed by atoms with E-state index in [-0.39, 0.29) is 11.7 Å². The molecule has 0 aromatic rings. The largest absolute Gasteiger partial charge is 0.326 e. The molecule has 1 amide bonds. The molecule has 0 radical (unpaired) electrons. The summed E-state index contributed by atoms with van der Waals surface area (Å²) in [5, 5.41) is 3.59. The Bertz CT molecular complexity index is 335. The van der Waals surface area contributed by atoms with Gasteiger partial charge >= 0.3 is 0 Å². The van der Waals surface area contributed by atoms with E-state index in [1.54, 1.807) is 0 Å². The third-order valence-electron chi connectivity index (χ3n) is 5.55. The van der Waals surface area contributed by atoms with Crippen LogP contribution in [0.15, 0.2) is 0 Å². The molecule has 3 fully saturated rings. The molecule has 3 heteroatoms. The lowest BCUT2D eigenvalue weighted by molar-refractivity contribution is -0.133. The van der Waals surface area contributed by atoms with Crippen LogP contribution in [0.25, 0.3) is 0 Å². The maximum Gasteiger partial charge on any atom is 0.244 e. The van der Waals surface area contributed by atoms with Gasteiger partial charge in [0.15, 0.2) is 0 Å². The van der Waals surface area contributed by atoms with Crippen LogP contribution >= 0.6 is 0 Å². The zero-order valence-electron chi connectivity index (χ0n) is 11.7. The number of carbonyl (C=O) groups is 1. The molecule has 1 saturated heterocycles. The van der Waals surface area contributed by atoms with Gasteiger partial charge in [-0.05, 0) is 38.0 Å². The van der Waals surface area contributed by atoms with Crippen molar-refractivity contribution in [2.45, 2.75) is 70.5 Å². The van der Waals surface area contributed by atoms with E-state index in [1.807, 2.05) is 0 Å². The number of rotatable bonds is 2. The van der Waals surface area contributed by atoms with Gasteiger partial charge in [0, 0.05) is 6.54 Å². The lowest BCUT2D eigenvalue weighted by Crippen LogP contribution is -2.44. The number of nitrogens with zero attached hydrogens (tertiary/aromatic N) is 1. The van der Waals surface area contributed by atoms with Crippen LogP contribution in [0.3, 0.4) is 0 Å². The summed E-state index contributed by atoms with van der Waals surface area (Å²) in [6.07, 6.45) is 8.76. The Labute approximate surface area is 110 Å². The van der Waals surface area contributed by atoms with Crippen molar-refractivity contribution in [1.29, 1.82) is 0 Å². The van der Waals surface area contributed by atoms with Crippen molar-refractivity contribution in [3.05, 3.63) is 0 Å². The first kappa shape index (κ1) is 12.5. The summed E-state index contributed by atoms with van der Waals surface area (Å²) < 4.78 is 0.